The number of benzene rings is 1. The Labute approximate surface area is 96.4 Å². The third-order valence-corrected chi connectivity index (χ3v) is 2.72. The zero-order valence-electron chi connectivity index (χ0n) is 8.49. The van der Waals surface area contributed by atoms with Gasteiger partial charge in [0.05, 0.1) is 24.8 Å². The number of carboxylic acid groups (broad SMARTS) is 1. The first-order valence-electron chi connectivity index (χ1n) is 4.58. The van der Waals surface area contributed by atoms with Gasteiger partial charge in [-0.1, -0.05) is 11.6 Å². The highest BCUT2D eigenvalue weighted by Gasteiger charge is 2.15. The number of furan rings is 1. The Bertz CT molecular complexity index is 544. The van der Waals surface area contributed by atoms with Gasteiger partial charge in [-0.05, 0) is 17.7 Å². The van der Waals surface area contributed by atoms with E-state index in [0.717, 1.165) is 0 Å². The van der Waals surface area contributed by atoms with Crippen LogP contribution in [0.25, 0.3) is 11.0 Å². The lowest BCUT2D eigenvalue weighted by atomic mass is 10.1. The summed E-state index contributed by atoms with van der Waals surface area (Å²) < 4.78 is 10.3. The normalized spacial score (nSPS) is 10.6. The standard InChI is InChI=1S/C11H9ClO4/c1-15-8-4-6(5-9(13)14)10(12)7-2-3-16-11(7)8/h2-4H,5H2,1H3,(H,13,14). The molecular weight excluding hydrogens is 232 g/mol. The maximum atomic E-state index is 10.7. The van der Waals surface area contributed by atoms with Gasteiger partial charge in [-0.25, -0.2) is 0 Å². The Morgan fingerprint density at radius 3 is 3.00 bits per heavy atom. The summed E-state index contributed by atoms with van der Waals surface area (Å²) in [5.41, 5.74) is 1.04. The van der Waals surface area contributed by atoms with E-state index in [1.807, 2.05) is 0 Å². The second kappa shape index (κ2) is 4.06. The van der Waals surface area contributed by atoms with Gasteiger partial charge in [-0.15, -0.1) is 0 Å². The van der Waals surface area contributed by atoms with Crippen LogP contribution in [0.1, 0.15) is 5.56 Å². The molecule has 0 aliphatic rings. The molecule has 5 heteroatoms. The van der Waals surface area contributed by atoms with E-state index in [4.69, 9.17) is 25.9 Å². The van der Waals surface area contributed by atoms with Crippen LogP contribution in [0.4, 0.5) is 0 Å². The number of carboxylic acids is 1. The molecule has 0 radical (unpaired) electrons. The number of methoxy groups -OCH3 is 1. The van der Waals surface area contributed by atoms with Crippen LogP contribution in [0, 0.1) is 0 Å². The number of fused-ring (bicyclic) bond motifs is 1. The number of halogens is 1. The highest BCUT2D eigenvalue weighted by molar-refractivity contribution is 6.36. The largest absolute Gasteiger partial charge is 0.493 e. The van der Waals surface area contributed by atoms with Crippen molar-refractivity contribution in [3.63, 3.8) is 0 Å². The second-order valence-electron chi connectivity index (χ2n) is 3.29. The SMILES string of the molecule is COc1cc(CC(=O)O)c(Cl)c2ccoc12. The molecule has 0 fully saturated rings. The molecule has 0 spiro atoms. The molecule has 84 valence electrons. The zero-order valence-corrected chi connectivity index (χ0v) is 9.25. The van der Waals surface area contributed by atoms with Crippen molar-refractivity contribution in [2.24, 2.45) is 0 Å². The highest BCUT2D eigenvalue weighted by Crippen LogP contribution is 2.35. The Hall–Kier alpha value is -1.68. The first-order valence-corrected chi connectivity index (χ1v) is 4.95. The van der Waals surface area contributed by atoms with Crippen molar-refractivity contribution in [3.05, 3.63) is 29.0 Å². The Morgan fingerprint density at radius 1 is 1.62 bits per heavy atom. The number of carbonyl (C=O) groups is 1. The molecule has 0 bridgehead atoms. The molecule has 16 heavy (non-hydrogen) atoms. The summed E-state index contributed by atoms with van der Waals surface area (Å²) in [5, 5.41) is 9.81. The lowest BCUT2D eigenvalue weighted by molar-refractivity contribution is -0.136. The lowest BCUT2D eigenvalue weighted by Gasteiger charge is -2.06. The van der Waals surface area contributed by atoms with E-state index >= 15 is 0 Å². The van der Waals surface area contributed by atoms with E-state index in [9.17, 15) is 4.79 Å². The summed E-state index contributed by atoms with van der Waals surface area (Å²) in [5.74, 6) is -0.451. The molecule has 0 aliphatic heterocycles. The zero-order chi connectivity index (χ0) is 11.7. The monoisotopic (exact) mass is 240 g/mol. The summed E-state index contributed by atoms with van der Waals surface area (Å²) >= 11 is 6.08. The molecule has 1 heterocycles. The van der Waals surface area contributed by atoms with Gasteiger partial charge in [0.1, 0.15) is 0 Å². The molecule has 2 rings (SSSR count). The van der Waals surface area contributed by atoms with Gasteiger partial charge in [0.2, 0.25) is 0 Å². The Morgan fingerprint density at radius 2 is 2.38 bits per heavy atom. The van der Waals surface area contributed by atoms with Gasteiger partial charge in [0, 0.05) is 5.39 Å². The van der Waals surface area contributed by atoms with Crippen molar-refractivity contribution in [1.82, 2.24) is 0 Å². The quantitative estimate of drug-likeness (QED) is 0.896. The Balaban J connectivity index is 2.65. The van der Waals surface area contributed by atoms with Crippen LogP contribution in [0.3, 0.4) is 0 Å². The average molecular weight is 241 g/mol. The Kier molecular flexibility index (Phi) is 2.75. The van der Waals surface area contributed by atoms with Crippen LogP contribution in [-0.4, -0.2) is 18.2 Å². The van der Waals surface area contributed by atoms with Gasteiger partial charge in [-0.3, -0.25) is 4.79 Å². The number of ether oxygens (including phenoxy) is 1. The molecule has 1 aromatic carbocycles. The topological polar surface area (TPSA) is 59.7 Å². The maximum Gasteiger partial charge on any atom is 0.307 e. The minimum Gasteiger partial charge on any atom is -0.493 e. The van der Waals surface area contributed by atoms with E-state index < -0.39 is 5.97 Å². The number of aliphatic carboxylic acids is 1. The molecule has 1 N–H and O–H groups in total. The van der Waals surface area contributed by atoms with Crippen molar-refractivity contribution in [2.75, 3.05) is 7.11 Å². The number of hydrogen-bond acceptors (Lipinski definition) is 3. The van der Waals surface area contributed by atoms with E-state index in [2.05, 4.69) is 0 Å². The molecule has 0 saturated carbocycles. The molecule has 0 unspecified atom stereocenters. The number of hydrogen-bond donors (Lipinski definition) is 1. The fourth-order valence-corrected chi connectivity index (χ4v) is 1.85. The van der Waals surface area contributed by atoms with Gasteiger partial charge in [0.15, 0.2) is 11.3 Å². The van der Waals surface area contributed by atoms with Crippen molar-refractivity contribution in [3.8, 4) is 5.75 Å². The highest BCUT2D eigenvalue weighted by atomic mass is 35.5. The molecule has 0 atom stereocenters. The van der Waals surface area contributed by atoms with Crippen LogP contribution in [0.5, 0.6) is 5.75 Å². The van der Waals surface area contributed by atoms with Crippen molar-refractivity contribution in [2.45, 2.75) is 6.42 Å². The summed E-state index contributed by atoms with van der Waals surface area (Å²) in [6, 6.07) is 3.27. The lowest BCUT2D eigenvalue weighted by Crippen LogP contribution is -2.01. The van der Waals surface area contributed by atoms with E-state index in [0.29, 0.717) is 27.3 Å². The van der Waals surface area contributed by atoms with Crippen LogP contribution >= 0.6 is 11.6 Å². The van der Waals surface area contributed by atoms with Crippen molar-refractivity contribution in [1.29, 1.82) is 0 Å². The minimum atomic E-state index is -0.938. The van der Waals surface area contributed by atoms with Crippen LogP contribution in [0.15, 0.2) is 22.8 Å². The van der Waals surface area contributed by atoms with Gasteiger partial charge in [0.25, 0.3) is 0 Å². The maximum absolute atomic E-state index is 10.7. The van der Waals surface area contributed by atoms with Crippen LogP contribution in [0.2, 0.25) is 5.02 Å². The fraction of sp³-hybridized carbons (Fsp3) is 0.182. The summed E-state index contributed by atoms with van der Waals surface area (Å²) in [4.78, 5) is 10.7. The van der Waals surface area contributed by atoms with Crippen molar-refractivity contribution >= 4 is 28.5 Å². The first-order chi connectivity index (χ1) is 7.63. The third-order valence-electron chi connectivity index (χ3n) is 2.27. The van der Waals surface area contributed by atoms with Gasteiger partial charge >= 0.3 is 5.97 Å². The molecule has 4 nitrogen and oxygen atoms in total. The smallest absolute Gasteiger partial charge is 0.307 e. The third kappa shape index (κ3) is 1.72. The average Bonchev–Trinajstić information content (AvgIpc) is 2.70. The van der Waals surface area contributed by atoms with Crippen LogP contribution < -0.4 is 4.74 Å². The molecule has 1 aromatic heterocycles. The predicted molar refractivity (Wildman–Crippen MR) is 59.1 cm³/mol. The van der Waals surface area contributed by atoms with E-state index in [1.54, 1.807) is 12.1 Å². The van der Waals surface area contributed by atoms with Crippen LogP contribution in [-0.2, 0) is 11.2 Å². The van der Waals surface area contributed by atoms with E-state index in [1.165, 1.54) is 13.4 Å². The number of rotatable bonds is 3. The van der Waals surface area contributed by atoms with Gasteiger partial charge in [-0.2, -0.15) is 0 Å². The summed E-state index contributed by atoms with van der Waals surface area (Å²) in [7, 11) is 1.50. The molecule has 0 saturated heterocycles. The molecule has 2 aromatic rings. The predicted octanol–water partition coefficient (Wildman–Crippen LogP) is 2.72. The molecule has 0 aliphatic carbocycles. The molecule has 0 amide bonds. The van der Waals surface area contributed by atoms with Gasteiger partial charge < -0.3 is 14.3 Å². The van der Waals surface area contributed by atoms with E-state index in [-0.39, 0.29) is 6.42 Å². The fourth-order valence-electron chi connectivity index (χ4n) is 1.58. The second-order valence-corrected chi connectivity index (χ2v) is 3.66. The summed E-state index contributed by atoms with van der Waals surface area (Å²) in [6.07, 6.45) is 1.35. The molecular formula is C11H9ClO4. The summed E-state index contributed by atoms with van der Waals surface area (Å²) in [6.45, 7) is 0. The minimum absolute atomic E-state index is 0.143. The first kappa shape index (κ1) is 10.8. The van der Waals surface area contributed by atoms with Crippen molar-refractivity contribution < 1.29 is 19.1 Å².